The average molecular weight is 279 g/mol. The van der Waals surface area contributed by atoms with Crippen molar-refractivity contribution in [1.29, 1.82) is 0 Å². The van der Waals surface area contributed by atoms with E-state index in [4.69, 9.17) is 0 Å². The van der Waals surface area contributed by atoms with E-state index >= 15 is 0 Å². The van der Waals surface area contributed by atoms with Crippen LogP contribution in [0.4, 0.5) is 10.8 Å². The van der Waals surface area contributed by atoms with E-state index in [1.807, 2.05) is 0 Å². The van der Waals surface area contributed by atoms with Gasteiger partial charge in [-0.1, -0.05) is 11.3 Å². The van der Waals surface area contributed by atoms with E-state index in [1.165, 1.54) is 28.4 Å². The Balaban J connectivity index is 2.02. The first kappa shape index (κ1) is 12.0. The molecule has 1 atom stereocenters. The molecule has 1 unspecified atom stereocenters. The van der Waals surface area contributed by atoms with E-state index in [-0.39, 0.29) is 24.6 Å². The third-order valence-electron chi connectivity index (χ3n) is 2.91. The summed E-state index contributed by atoms with van der Waals surface area (Å²) in [4.78, 5) is 27.6. The summed E-state index contributed by atoms with van der Waals surface area (Å²) >= 11 is 1.21. The third kappa shape index (κ3) is 2.04. The molecular formula is C11H9N3O4S. The standard InChI is InChI=1S/C11H9N3O4S/c15-7-4-10(16)13(5-7)11-12-8-2-1-6(14(17)18)3-9(8)19-11/h1-3,7,15H,4-5H2. The second-order valence-electron chi connectivity index (χ2n) is 4.27. The largest absolute Gasteiger partial charge is 0.391 e. The molecule has 1 fully saturated rings. The second-order valence-corrected chi connectivity index (χ2v) is 5.28. The fourth-order valence-corrected chi connectivity index (χ4v) is 3.03. The van der Waals surface area contributed by atoms with E-state index in [1.54, 1.807) is 6.07 Å². The van der Waals surface area contributed by atoms with Crippen molar-refractivity contribution in [3.05, 3.63) is 28.3 Å². The number of aliphatic hydroxyl groups is 1. The predicted molar refractivity (Wildman–Crippen MR) is 69.3 cm³/mol. The Kier molecular flexibility index (Phi) is 2.68. The van der Waals surface area contributed by atoms with Crippen LogP contribution in [0, 0.1) is 10.1 Å². The molecule has 8 heteroatoms. The van der Waals surface area contributed by atoms with Crippen LogP contribution in [0.1, 0.15) is 6.42 Å². The number of rotatable bonds is 2. The van der Waals surface area contributed by atoms with Crippen LogP contribution in [0.2, 0.25) is 0 Å². The van der Waals surface area contributed by atoms with Gasteiger partial charge in [-0.3, -0.25) is 19.8 Å². The number of nitrogens with zero attached hydrogens (tertiary/aromatic N) is 3. The quantitative estimate of drug-likeness (QED) is 0.660. The third-order valence-corrected chi connectivity index (χ3v) is 3.95. The van der Waals surface area contributed by atoms with Crippen molar-refractivity contribution < 1.29 is 14.8 Å². The van der Waals surface area contributed by atoms with Gasteiger partial charge in [0.25, 0.3) is 5.69 Å². The topological polar surface area (TPSA) is 96.6 Å². The van der Waals surface area contributed by atoms with Crippen molar-refractivity contribution in [2.24, 2.45) is 0 Å². The lowest BCUT2D eigenvalue weighted by atomic mass is 10.3. The van der Waals surface area contributed by atoms with Crippen LogP contribution in [0.25, 0.3) is 10.2 Å². The number of aliphatic hydroxyl groups excluding tert-OH is 1. The number of carbonyl (C=O) groups is 1. The normalized spacial score (nSPS) is 19.3. The summed E-state index contributed by atoms with van der Waals surface area (Å²) in [5.41, 5.74) is 0.607. The highest BCUT2D eigenvalue weighted by atomic mass is 32.1. The summed E-state index contributed by atoms with van der Waals surface area (Å²) in [6.45, 7) is 0.223. The van der Waals surface area contributed by atoms with Crippen molar-refractivity contribution in [3.8, 4) is 0 Å². The Bertz CT molecular complexity index is 684. The minimum atomic E-state index is -0.672. The van der Waals surface area contributed by atoms with Gasteiger partial charge in [0.15, 0.2) is 5.13 Å². The smallest absolute Gasteiger partial charge is 0.270 e. The summed E-state index contributed by atoms with van der Waals surface area (Å²) in [5, 5.41) is 20.6. The average Bonchev–Trinajstić information content (AvgIpc) is 2.90. The Labute approximate surface area is 111 Å². The number of fused-ring (bicyclic) bond motifs is 1. The molecule has 1 aliphatic rings. The molecular weight excluding hydrogens is 270 g/mol. The van der Waals surface area contributed by atoms with Crippen LogP contribution >= 0.6 is 11.3 Å². The predicted octanol–water partition coefficient (Wildman–Crippen LogP) is 1.30. The molecule has 0 bridgehead atoms. The zero-order valence-corrected chi connectivity index (χ0v) is 10.5. The zero-order chi connectivity index (χ0) is 13.6. The number of anilines is 1. The maximum Gasteiger partial charge on any atom is 0.270 e. The Hall–Kier alpha value is -2.06. The highest BCUT2D eigenvalue weighted by Crippen LogP contribution is 2.33. The fourth-order valence-electron chi connectivity index (χ4n) is 2.00. The molecule has 1 aromatic heterocycles. The summed E-state index contributed by atoms with van der Waals surface area (Å²) in [6, 6.07) is 4.38. The van der Waals surface area contributed by atoms with Gasteiger partial charge in [-0.2, -0.15) is 0 Å². The number of non-ortho nitro benzene ring substituents is 1. The molecule has 7 nitrogen and oxygen atoms in total. The van der Waals surface area contributed by atoms with Gasteiger partial charge in [-0.15, -0.1) is 0 Å². The summed E-state index contributed by atoms with van der Waals surface area (Å²) in [5.74, 6) is -0.180. The molecule has 2 aromatic rings. The van der Waals surface area contributed by atoms with Crippen LogP contribution in [0.15, 0.2) is 18.2 Å². The van der Waals surface area contributed by atoms with Gasteiger partial charge in [0, 0.05) is 12.1 Å². The Morgan fingerprint density at radius 2 is 2.32 bits per heavy atom. The molecule has 1 amide bonds. The lowest BCUT2D eigenvalue weighted by Crippen LogP contribution is -2.24. The molecule has 1 saturated heterocycles. The lowest BCUT2D eigenvalue weighted by Gasteiger charge is -2.10. The number of nitro groups is 1. The van der Waals surface area contributed by atoms with Crippen molar-refractivity contribution in [2.75, 3.05) is 11.4 Å². The fraction of sp³-hybridized carbons (Fsp3) is 0.273. The molecule has 1 aliphatic heterocycles. The number of nitro benzene ring substituents is 1. The number of aromatic nitrogens is 1. The highest BCUT2D eigenvalue weighted by Gasteiger charge is 2.31. The number of benzene rings is 1. The molecule has 0 saturated carbocycles. The van der Waals surface area contributed by atoms with Gasteiger partial charge in [0.1, 0.15) is 0 Å². The summed E-state index contributed by atoms with van der Waals surface area (Å²) in [7, 11) is 0. The van der Waals surface area contributed by atoms with E-state index in [9.17, 15) is 20.0 Å². The first-order chi connectivity index (χ1) is 9.04. The Morgan fingerprint density at radius 3 is 2.95 bits per heavy atom. The molecule has 1 aromatic carbocycles. The second kappa shape index (κ2) is 4.25. The van der Waals surface area contributed by atoms with Crippen molar-refractivity contribution in [1.82, 2.24) is 4.98 Å². The van der Waals surface area contributed by atoms with Crippen molar-refractivity contribution in [3.63, 3.8) is 0 Å². The number of hydrogen-bond donors (Lipinski definition) is 1. The first-order valence-electron chi connectivity index (χ1n) is 5.58. The van der Waals surface area contributed by atoms with Gasteiger partial charge in [0.2, 0.25) is 5.91 Å². The molecule has 98 valence electrons. The molecule has 19 heavy (non-hydrogen) atoms. The lowest BCUT2D eigenvalue weighted by molar-refractivity contribution is -0.384. The van der Waals surface area contributed by atoms with Crippen LogP contribution in [0.3, 0.4) is 0 Å². The van der Waals surface area contributed by atoms with Crippen molar-refractivity contribution in [2.45, 2.75) is 12.5 Å². The Morgan fingerprint density at radius 1 is 1.53 bits per heavy atom. The van der Waals surface area contributed by atoms with E-state index in [0.717, 1.165) is 0 Å². The maximum atomic E-state index is 11.7. The first-order valence-corrected chi connectivity index (χ1v) is 6.39. The van der Waals surface area contributed by atoms with Gasteiger partial charge >= 0.3 is 0 Å². The van der Waals surface area contributed by atoms with Gasteiger partial charge in [-0.05, 0) is 6.07 Å². The van der Waals surface area contributed by atoms with E-state index < -0.39 is 11.0 Å². The zero-order valence-electron chi connectivity index (χ0n) is 9.65. The van der Waals surface area contributed by atoms with Crippen LogP contribution < -0.4 is 4.90 Å². The maximum absolute atomic E-state index is 11.7. The molecule has 0 spiro atoms. The van der Waals surface area contributed by atoms with Gasteiger partial charge in [-0.25, -0.2) is 4.98 Å². The number of thiazole rings is 1. The SMILES string of the molecule is O=C1CC(O)CN1c1nc2ccc([N+](=O)[O-])cc2s1. The number of carbonyl (C=O) groups excluding carboxylic acids is 1. The van der Waals surface area contributed by atoms with E-state index in [2.05, 4.69) is 4.98 Å². The monoisotopic (exact) mass is 279 g/mol. The minimum Gasteiger partial charge on any atom is -0.391 e. The van der Waals surface area contributed by atoms with Crippen LogP contribution in [0.5, 0.6) is 0 Å². The van der Waals surface area contributed by atoms with E-state index in [0.29, 0.717) is 15.3 Å². The van der Waals surface area contributed by atoms with Crippen LogP contribution in [-0.2, 0) is 4.79 Å². The number of amides is 1. The number of β-amino-alcohol motifs (C(OH)–C–C–N with tert-alkyl or cyclic N) is 1. The molecule has 3 rings (SSSR count). The summed E-state index contributed by atoms with van der Waals surface area (Å²) in [6.07, 6.45) is -0.579. The highest BCUT2D eigenvalue weighted by molar-refractivity contribution is 7.22. The van der Waals surface area contributed by atoms with Crippen molar-refractivity contribution >= 4 is 38.3 Å². The van der Waals surface area contributed by atoms with Gasteiger partial charge in [0.05, 0.1) is 34.2 Å². The van der Waals surface area contributed by atoms with Gasteiger partial charge < -0.3 is 5.11 Å². The molecule has 1 N–H and O–H groups in total. The molecule has 0 radical (unpaired) electrons. The summed E-state index contributed by atoms with van der Waals surface area (Å²) < 4.78 is 0.651. The number of hydrogen-bond acceptors (Lipinski definition) is 6. The molecule has 2 heterocycles. The van der Waals surface area contributed by atoms with Crippen LogP contribution in [-0.4, -0.2) is 33.6 Å². The molecule has 0 aliphatic carbocycles. The minimum absolute atomic E-state index is 0.00418.